The molecule has 24 heavy (non-hydrogen) atoms. The lowest BCUT2D eigenvalue weighted by Crippen LogP contribution is -2.53. The van der Waals surface area contributed by atoms with Crippen molar-refractivity contribution in [3.63, 3.8) is 0 Å². The number of carbonyl (C=O) groups is 2. The number of piperazine rings is 1. The topological polar surface area (TPSA) is 61.9 Å². The van der Waals surface area contributed by atoms with Gasteiger partial charge in [-0.2, -0.15) is 0 Å². The summed E-state index contributed by atoms with van der Waals surface area (Å²) in [6, 6.07) is 2.37. The van der Waals surface area contributed by atoms with Crippen LogP contribution in [0.5, 0.6) is 0 Å². The van der Waals surface area contributed by atoms with E-state index in [-0.39, 0.29) is 17.7 Å². The summed E-state index contributed by atoms with van der Waals surface area (Å²) in [6.07, 6.45) is 1.25. The monoisotopic (exact) mass is 339 g/mol. The fraction of sp³-hybridized carbons (Fsp3) is 0.500. The van der Waals surface area contributed by atoms with Crippen molar-refractivity contribution >= 4 is 17.6 Å². The van der Waals surface area contributed by atoms with Gasteiger partial charge in [-0.05, 0) is 25.0 Å². The maximum absolute atomic E-state index is 13.6. The summed E-state index contributed by atoms with van der Waals surface area (Å²) >= 11 is 0. The number of rotatable bonds is 2. The van der Waals surface area contributed by atoms with Crippen molar-refractivity contribution < 1.29 is 23.1 Å². The van der Waals surface area contributed by atoms with Gasteiger partial charge in [0.05, 0.1) is 5.69 Å². The van der Waals surface area contributed by atoms with Crippen LogP contribution in [0.15, 0.2) is 18.2 Å². The molecule has 1 N–H and O–H groups in total. The largest absolute Gasteiger partial charge is 0.368 e. The van der Waals surface area contributed by atoms with Crippen molar-refractivity contribution in [1.29, 1.82) is 0 Å². The highest BCUT2D eigenvalue weighted by atomic mass is 19.1. The molecule has 6 nitrogen and oxygen atoms in total. The molecule has 0 radical (unpaired) electrons. The SMILES string of the molecule is O=C(Nc1cc(F)ccc1F)N1CCN(C(=O)C2CCCO2)CC1. The molecule has 1 atom stereocenters. The van der Waals surface area contributed by atoms with Crippen LogP contribution in [-0.2, 0) is 9.53 Å². The highest BCUT2D eigenvalue weighted by Gasteiger charge is 2.31. The fourth-order valence-electron chi connectivity index (χ4n) is 2.89. The van der Waals surface area contributed by atoms with Gasteiger partial charge in [-0.15, -0.1) is 0 Å². The quantitative estimate of drug-likeness (QED) is 0.894. The van der Waals surface area contributed by atoms with E-state index < -0.39 is 17.7 Å². The second kappa shape index (κ2) is 7.12. The van der Waals surface area contributed by atoms with Gasteiger partial charge in [-0.25, -0.2) is 13.6 Å². The first-order valence-electron chi connectivity index (χ1n) is 7.96. The Morgan fingerprint density at radius 2 is 1.83 bits per heavy atom. The molecule has 0 saturated carbocycles. The predicted octanol–water partition coefficient (Wildman–Crippen LogP) is 1.82. The Labute approximate surface area is 138 Å². The minimum atomic E-state index is -0.697. The molecule has 130 valence electrons. The summed E-state index contributed by atoms with van der Waals surface area (Å²) in [5, 5.41) is 2.36. The van der Waals surface area contributed by atoms with E-state index in [2.05, 4.69) is 5.32 Å². The maximum Gasteiger partial charge on any atom is 0.322 e. The number of ether oxygens (including phenoxy) is 1. The number of halogens is 2. The molecule has 8 heteroatoms. The van der Waals surface area contributed by atoms with Crippen LogP contribution < -0.4 is 5.32 Å². The molecule has 3 rings (SSSR count). The summed E-state index contributed by atoms with van der Waals surface area (Å²) in [4.78, 5) is 27.6. The predicted molar refractivity (Wildman–Crippen MR) is 82.5 cm³/mol. The highest BCUT2D eigenvalue weighted by Crippen LogP contribution is 2.18. The summed E-state index contributed by atoms with van der Waals surface area (Å²) < 4.78 is 32.1. The standard InChI is InChI=1S/C16H19F2N3O3/c17-11-3-4-12(18)13(10-11)19-16(23)21-7-5-20(6-8-21)15(22)14-2-1-9-24-14/h3-4,10,14H,1-2,5-9H2,(H,19,23). The third-order valence-electron chi connectivity index (χ3n) is 4.25. The molecule has 2 saturated heterocycles. The van der Waals surface area contributed by atoms with Gasteiger partial charge in [-0.3, -0.25) is 4.79 Å². The smallest absolute Gasteiger partial charge is 0.322 e. The average molecular weight is 339 g/mol. The van der Waals surface area contributed by atoms with E-state index in [1.165, 1.54) is 4.90 Å². The number of nitrogens with one attached hydrogen (secondary N) is 1. The molecule has 3 amide bonds. The third-order valence-corrected chi connectivity index (χ3v) is 4.25. The summed E-state index contributed by atoms with van der Waals surface area (Å²) in [6.45, 7) is 2.08. The summed E-state index contributed by atoms with van der Waals surface area (Å²) in [5.41, 5.74) is -0.196. The van der Waals surface area contributed by atoms with Gasteiger partial charge in [0, 0.05) is 38.9 Å². The van der Waals surface area contributed by atoms with E-state index in [4.69, 9.17) is 4.74 Å². The molecule has 1 aromatic rings. The summed E-state index contributed by atoms with van der Waals surface area (Å²) in [5.74, 6) is -1.36. The number of amides is 3. The van der Waals surface area contributed by atoms with Gasteiger partial charge in [0.25, 0.3) is 5.91 Å². The van der Waals surface area contributed by atoms with Gasteiger partial charge in [0.15, 0.2) is 0 Å². The van der Waals surface area contributed by atoms with Crippen LogP contribution in [0.4, 0.5) is 19.3 Å². The molecule has 0 bridgehead atoms. The molecule has 2 aliphatic heterocycles. The van der Waals surface area contributed by atoms with Crippen molar-refractivity contribution in [2.75, 3.05) is 38.1 Å². The highest BCUT2D eigenvalue weighted by molar-refractivity contribution is 5.89. The van der Waals surface area contributed by atoms with E-state index in [9.17, 15) is 18.4 Å². The second-order valence-electron chi connectivity index (χ2n) is 5.87. The maximum atomic E-state index is 13.6. The summed E-state index contributed by atoms with van der Waals surface area (Å²) in [7, 11) is 0. The van der Waals surface area contributed by atoms with Crippen LogP contribution in [-0.4, -0.2) is 60.6 Å². The van der Waals surface area contributed by atoms with Crippen molar-refractivity contribution in [3.05, 3.63) is 29.8 Å². The van der Waals surface area contributed by atoms with E-state index in [1.54, 1.807) is 4.90 Å². The van der Waals surface area contributed by atoms with E-state index in [1.807, 2.05) is 0 Å². The Bertz CT molecular complexity index is 627. The van der Waals surface area contributed by atoms with Gasteiger partial charge < -0.3 is 19.9 Å². The molecular weight excluding hydrogens is 320 g/mol. The minimum absolute atomic E-state index is 0.0382. The van der Waals surface area contributed by atoms with Crippen molar-refractivity contribution in [1.82, 2.24) is 9.80 Å². The van der Waals surface area contributed by atoms with Crippen LogP contribution in [0.2, 0.25) is 0 Å². The van der Waals surface area contributed by atoms with E-state index in [0.29, 0.717) is 32.8 Å². The lowest BCUT2D eigenvalue weighted by atomic mass is 10.2. The van der Waals surface area contributed by atoms with Crippen LogP contribution >= 0.6 is 0 Å². The van der Waals surface area contributed by atoms with Gasteiger partial charge >= 0.3 is 6.03 Å². The van der Waals surface area contributed by atoms with Gasteiger partial charge in [-0.1, -0.05) is 0 Å². The molecular formula is C16H19F2N3O3. The van der Waals surface area contributed by atoms with E-state index in [0.717, 1.165) is 31.0 Å². The number of benzene rings is 1. The zero-order chi connectivity index (χ0) is 17.1. The van der Waals surface area contributed by atoms with Crippen molar-refractivity contribution in [2.24, 2.45) is 0 Å². The normalized spacial score (nSPS) is 21.0. The molecule has 2 aliphatic rings. The Morgan fingerprint density at radius 1 is 1.12 bits per heavy atom. The van der Waals surface area contributed by atoms with Crippen LogP contribution in [0.25, 0.3) is 0 Å². The van der Waals surface area contributed by atoms with Crippen LogP contribution in [0.1, 0.15) is 12.8 Å². The Kier molecular flexibility index (Phi) is 4.94. The Morgan fingerprint density at radius 3 is 2.50 bits per heavy atom. The lowest BCUT2D eigenvalue weighted by molar-refractivity contribution is -0.142. The van der Waals surface area contributed by atoms with Crippen LogP contribution in [0.3, 0.4) is 0 Å². The Balaban J connectivity index is 1.53. The molecule has 0 aromatic heterocycles. The number of carbonyl (C=O) groups excluding carboxylic acids is 2. The van der Waals surface area contributed by atoms with Gasteiger partial charge in [0.2, 0.25) is 0 Å². The Hall–Kier alpha value is -2.22. The lowest BCUT2D eigenvalue weighted by Gasteiger charge is -2.35. The first-order chi connectivity index (χ1) is 11.5. The van der Waals surface area contributed by atoms with Crippen molar-refractivity contribution in [2.45, 2.75) is 18.9 Å². The van der Waals surface area contributed by atoms with Crippen molar-refractivity contribution in [3.8, 4) is 0 Å². The van der Waals surface area contributed by atoms with E-state index >= 15 is 0 Å². The number of hydrogen-bond donors (Lipinski definition) is 1. The molecule has 0 aliphatic carbocycles. The molecule has 0 spiro atoms. The number of nitrogens with zero attached hydrogens (tertiary/aromatic N) is 2. The zero-order valence-electron chi connectivity index (χ0n) is 13.1. The first kappa shape index (κ1) is 16.6. The van der Waals surface area contributed by atoms with Gasteiger partial charge in [0.1, 0.15) is 17.7 Å². The molecule has 2 heterocycles. The number of anilines is 1. The zero-order valence-corrected chi connectivity index (χ0v) is 13.1. The number of hydrogen-bond acceptors (Lipinski definition) is 3. The molecule has 2 fully saturated rings. The fourth-order valence-corrected chi connectivity index (χ4v) is 2.89. The van der Waals surface area contributed by atoms with Crippen LogP contribution in [0, 0.1) is 11.6 Å². The number of urea groups is 1. The minimum Gasteiger partial charge on any atom is -0.368 e. The second-order valence-corrected chi connectivity index (χ2v) is 5.87. The third kappa shape index (κ3) is 3.64. The first-order valence-corrected chi connectivity index (χ1v) is 7.96. The molecule has 1 unspecified atom stereocenters. The average Bonchev–Trinajstić information content (AvgIpc) is 3.12. The molecule has 1 aromatic carbocycles.